The van der Waals surface area contributed by atoms with Gasteiger partial charge in [-0.1, -0.05) is 93.5 Å². The fourth-order valence-corrected chi connectivity index (χ4v) is 24.4. The third-order valence-electron chi connectivity index (χ3n) is 31.7. The molecule has 0 unspecified atom stereocenters. The molecule has 0 aliphatic heterocycles. The summed E-state index contributed by atoms with van der Waals surface area (Å²) >= 11 is 0. The van der Waals surface area contributed by atoms with Gasteiger partial charge < -0.3 is 9.52 Å². The fourth-order valence-electron chi connectivity index (χ4n) is 24.4. The predicted octanol–water partition coefficient (Wildman–Crippen LogP) is 19.6. The molecule has 1 N–H and O–H groups in total. The van der Waals surface area contributed by atoms with Crippen molar-refractivity contribution < 1.29 is 44.6 Å². The van der Waals surface area contributed by atoms with Crippen LogP contribution in [0.3, 0.4) is 0 Å². The highest BCUT2D eigenvalue weighted by Crippen LogP contribution is 2.74. The van der Waals surface area contributed by atoms with Crippen LogP contribution >= 0.6 is 0 Å². The molecule has 4 aromatic carbocycles. The Kier molecular flexibility index (Phi) is 20.9. The lowest BCUT2D eigenvalue weighted by atomic mass is 9.66. The third kappa shape index (κ3) is 13.6. The maximum Gasteiger partial charge on any atom is 0.252 e. The second-order valence-corrected chi connectivity index (χ2v) is 40.7. The Labute approximate surface area is 792 Å². The Balaban J connectivity index is 0.000000107. The van der Waals surface area contributed by atoms with Gasteiger partial charge in [-0.3, -0.25) is 0 Å². The number of nitrogens with zero attached hydrogens (tertiary/aromatic N) is 26. The molecular weight excluding hydrogens is 1790 g/mol. The number of hydrogen-bond acceptors (Lipinski definition) is 25. The van der Waals surface area contributed by atoms with Crippen LogP contribution in [0.5, 0.6) is 0 Å². The van der Waals surface area contributed by atoms with Crippen LogP contribution in [0.25, 0.3) is 74.3 Å². The number of halogens is 8. The highest BCUT2D eigenvalue weighted by Gasteiger charge is 2.70. The van der Waals surface area contributed by atoms with Crippen molar-refractivity contribution in [2.24, 2.45) is 21.7 Å². The van der Waals surface area contributed by atoms with Gasteiger partial charge in [-0.2, -0.15) is 34.4 Å². The van der Waals surface area contributed by atoms with Crippen molar-refractivity contribution in [3.8, 4) is 74.3 Å². The van der Waals surface area contributed by atoms with E-state index in [-0.39, 0.29) is 102 Å². The molecule has 28 nitrogen and oxygen atoms in total. The number of aryl methyl sites for hydroxylation is 1. The van der Waals surface area contributed by atoms with Crippen LogP contribution in [0.15, 0.2) is 176 Å². The molecule has 12 aromatic heterocycles. The summed E-state index contributed by atoms with van der Waals surface area (Å²) in [6, 6.07) is 30.0. The molecule has 5 saturated carbocycles. The summed E-state index contributed by atoms with van der Waals surface area (Å²) < 4.78 is 126. The third-order valence-corrected chi connectivity index (χ3v) is 31.7. The van der Waals surface area contributed by atoms with Crippen LogP contribution in [0.2, 0.25) is 0 Å². The van der Waals surface area contributed by atoms with E-state index in [0.717, 1.165) is 138 Å². The number of rotatable bonds is 15. The van der Waals surface area contributed by atoms with E-state index in [1.807, 2.05) is 50.2 Å². The first-order valence-electron chi connectivity index (χ1n) is 46.6. The SMILES string of the molecule is CC(C)(O)c1ncn(-c2nccc([C@@]34CC[C@@H](c5cc(-c6c(F)cccc6F)nnc53)C4(C)C)n2)n1.CC(C)c1ncn(-c2nccc([C@@]34CC[C@@H](c5cc(-c6c(F)cccc6F)nnc53)C4(C)C)n2)n1.CC1(C)[C@H]2CC[C@]1(c1ccnc(-n3cnc(C4CC4)n3)n1)c1nnc(-c3c(F)cccc3F)cc12.Cc1nc(-c2ccnc([C@@]34CC[C@@H](c5cc(-c6c(F)cccc6F)nnc53)C4(C)C)n2)co1. The van der Waals surface area contributed by atoms with Gasteiger partial charge in [-0.05, 0) is 243 Å². The van der Waals surface area contributed by atoms with Crippen molar-refractivity contribution in [1.29, 1.82) is 0 Å². The van der Waals surface area contributed by atoms with E-state index in [2.05, 4.69) is 151 Å². The van der Waals surface area contributed by atoms with E-state index in [9.17, 15) is 40.2 Å². The maximum absolute atomic E-state index is 14.5. The molecule has 0 saturated heterocycles. The Morgan fingerprint density at radius 2 is 0.705 bits per heavy atom. The first-order chi connectivity index (χ1) is 66.5. The number of hydrogen-bond donors (Lipinski definition) is 1. The van der Waals surface area contributed by atoms with E-state index < -0.39 is 73.8 Å². The molecular formula is C103H94F8N26O2. The molecule has 0 spiro atoms. The highest BCUT2D eigenvalue weighted by molar-refractivity contribution is 5.69. The molecule has 8 bridgehead atoms. The van der Waals surface area contributed by atoms with Gasteiger partial charge in [0.05, 0.1) is 112 Å². The van der Waals surface area contributed by atoms with E-state index in [4.69, 9.17) is 24.4 Å². The molecule has 12 heterocycles. The molecule has 9 aliphatic carbocycles. The summed E-state index contributed by atoms with van der Waals surface area (Å²) in [5.74, 6) is 0.332. The lowest BCUT2D eigenvalue weighted by Gasteiger charge is -2.37. The van der Waals surface area contributed by atoms with Gasteiger partial charge in [-0.15, -0.1) is 35.7 Å². The molecule has 25 rings (SSSR count). The van der Waals surface area contributed by atoms with Crippen LogP contribution in [0.4, 0.5) is 35.1 Å². The minimum absolute atomic E-state index is 0.128. The molecule has 704 valence electrons. The first-order valence-corrected chi connectivity index (χ1v) is 46.6. The zero-order chi connectivity index (χ0) is 96.9. The van der Waals surface area contributed by atoms with Crippen molar-refractivity contribution in [2.75, 3.05) is 0 Å². The first kappa shape index (κ1) is 89.7. The summed E-state index contributed by atoms with van der Waals surface area (Å²) in [5, 5.41) is 59.2. The van der Waals surface area contributed by atoms with Crippen LogP contribution in [-0.2, 0) is 27.3 Å². The number of benzene rings is 4. The van der Waals surface area contributed by atoms with Gasteiger partial charge >= 0.3 is 0 Å². The van der Waals surface area contributed by atoms with Crippen molar-refractivity contribution in [1.82, 2.24) is 130 Å². The Bertz CT molecular complexity index is 7360. The molecule has 5 fully saturated rings. The monoisotopic (exact) mass is 1880 g/mol. The normalized spacial score (nSPS) is 22.7. The summed E-state index contributed by atoms with van der Waals surface area (Å²) in [4.78, 5) is 55.0. The van der Waals surface area contributed by atoms with Crippen molar-refractivity contribution in [3.05, 3.63) is 309 Å². The quantitative estimate of drug-likeness (QED) is 0.0932. The summed E-state index contributed by atoms with van der Waals surface area (Å²) in [5.41, 5.74) is 6.88. The van der Waals surface area contributed by atoms with Crippen molar-refractivity contribution in [2.45, 2.75) is 217 Å². The van der Waals surface area contributed by atoms with Crippen LogP contribution < -0.4 is 0 Å². The van der Waals surface area contributed by atoms with E-state index in [1.54, 1.807) is 86.0 Å². The lowest BCUT2D eigenvalue weighted by Crippen LogP contribution is -2.38. The zero-order valence-corrected chi connectivity index (χ0v) is 78.2. The molecule has 16 aromatic rings. The largest absolute Gasteiger partial charge is 0.449 e. The van der Waals surface area contributed by atoms with Gasteiger partial charge in [0.25, 0.3) is 17.8 Å². The van der Waals surface area contributed by atoms with E-state index >= 15 is 0 Å². The number of aromatic nitrogens is 26. The summed E-state index contributed by atoms with van der Waals surface area (Å²) in [6.07, 6.45) is 22.5. The van der Waals surface area contributed by atoms with Gasteiger partial charge in [-0.25, -0.2) is 94.9 Å². The fraction of sp³-hybridized carbons (Fsp3) is 0.369. The average Bonchev–Trinajstić information content (AvgIpc) is 1.53. The van der Waals surface area contributed by atoms with Crippen molar-refractivity contribution in [3.63, 3.8) is 0 Å². The molecule has 0 radical (unpaired) electrons. The minimum Gasteiger partial charge on any atom is -0.449 e. The number of oxazole rings is 1. The number of aliphatic hydroxyl groups is 1. The Morgan fingerprint density at radius 3 is 1.05 bits per heavy atom. The van der Waals surface area contributed by atoms with Gasteiger partial charge in [0.1, 0.15) is 88.9 Å². The van der Waals surface area contributed by atoms with Gasteiger partial charge in [0.2, 0.25) is 0 Å². The molecule has 9 aliphatic rings. The second kappa shape index (κ2) is 32.3. The van der Waals surface area contributed by atoms with Crippen LogP contribution in [0.1, 0.15) is 274 Å². The second-order valence-electron chi connectivity index (χ2n) is 40.7. The summed E-state index contributed by atoms with van der Waals surface area (Å²) in [7, 11) is 0. The van der Waals surface area contributed by atoms with E-state index in [1.165, 1.54) is 83.8 Å². The number of fused-ring (bicyclic) bond motifs is 20. The standard InChI is InChI=1S/C26H25F2N7O.C26H23F2N7.C26H25F2N7.C25H21F2N5O/c1-24(2)15-8-10-26(24,19-9-11-29-23(31-19)35-13-30-22(34-35)25(3,4)36)21-14(15)12-18(32-33-21)20-16(27)6-5-7-17(20)28;1-25(2)16-8-10-26(25,20-9-11-29-24(31-20)35-13-30-23(34-35)14-6-7-14)22-15(16)12-19(32-33-22)21-17(27)4-3-5-18(21)28;1-14(2)23-30-13-35(34-23)24-29-11-9-20(31-24)26-10-8-16(25(26,3)4)15-12-19(32-33-22(15)26)21-17(27)6-5-7-18(21)28;1-13-29-20(12-33-13)18-8-10-28-23(30-18)25-9-7-15(24(25,2)3)14-11-19(31-32-22(14)25)21-16(26)5-4-6-17(21)27/h5-7,9,11-13,15,36H,8,10H2,1-4H3;3-5,9,11-14,16H,6-8,10H2,1-2H3;5-7,9,11-14,16H,8,10H2,1-4H3;4-6,8,10-12,15H,7,9H2,1-3H3/t15-,26-;2*16-,26-;15-,25+/m0000/s1. The highest BCUT2D eigenvalue weighted by atomic mass is 19.2. The molecule has 36 heteroatoms. The smallest absolute Gasteiger partial charge is 0.252 e. The topological polar surface area (TPSA) is 345 Å². The van der Waals surface area contributed by atoms with Gasteiger partial charge in [0, 0.05) is 43.5 Å². The average molecular weight is 1880 g/mol. The van der Waals surface area contributed by atoms with Crippen molar-refractivity contribution >= 4 is 0 Å². The molecule has 0 amide bonds. The summed E-state index contributed by atoms with van der Waals surface area (Å²) in [6.45, 7) is 26.7. The predicted molar refractivity (Wildman–Crippen MR) is 490 cm³/mol. The van der Waals surface area contributed by atoms with E-state index in [0.29, 0.717) is 46.9 Å². The molecule has 139 heavy (non-hydrogen) atoms. The Hall–Kier alpha value is -14.5. The Morgan fingerprint density at radius 1 is 0.367 bits per heavy atom. The van der Waals surface area contributed by atoms with Gasteiger partial charge in [0.15, 0.2) is 23.4 Å². The maximum atomic E-state index is 14.5. The zero-order valence-electron chi connectivity index (χ0n) is 78.2. The minimum atomic E-state index is -1.20. The lowest BCUT2D eigenvalue weighted by molar-refractivity contribution is 0.0688. The van der Waals surface area contributed by atoms with Crippen LogP contribution in [0, 0.1) is 75.1 Å². The van der Waals surface area contributed by atoms with Crippen LogP contribution in [-0.4, -0.2) is 135 Å². The molecule has 8 atom stereocenters.